The summed E-state index contributed by atoms with van der Waals surface area (Å²) in [4.78, 5) is 2.78. The topological polar surface area (TPSA) is 24.5 Å². The van der Waals surface area contributed by atoms with E-state index in [1.165, 1.54) is 71.0 Å². The SMILES string of the molecule is CCNCC1CCN(C2CCOC3(CCCC3)C2)CC1. The Labute approximate surface area is 124 Å². The van der Waals surface area contributed by atoms with E-state index in [1.807, 2.05) is 0 Å². The Morgan fingerprint density at radius 3 is 2.60 bits per heavy atom. The van der Waals surface area contributed by atoms with Crippen LogP contribution in [-0.4, -0.2) is 49.3 Å². The van der Waals surface area contributed by atoms with E-state index in [0.29, 0.717) is 0 Å². The van der Waals surface area contributed by atoms with Gasteiger partial charge in [0, 0.05) is 12.6 Å². The predicted octanol–water partition coefficient (Wildman–Crippen LogP) is 2.80. The summed E-state index contributed by atoms with van der Waals surface area (Å²) in [5.41, 5.74) is 0.281. The van der Waals surface area contributed by atoms with Crippen molar-refractivity contribution in [2.75, 3.05) is 32.8 Å². The van der Waals surface area contributed by atoms with Gasteiger partial charge < -0.3 is 15.0 Å². The summed E-state index contributed by atoms with van der Waals surface area (Å²) >= 11 is 0. The van der Waals surface area contributed by atoms with E-state index in [4.69, 9.17) is 4.74 Å². The molecule has 20 heavy (non-hydrogen) atoms. The molecule has 3 aliphatic rings. The van der Waals surface area contributed by atoms with Gasteiger partial charge in [-0.15, -0.1) is 0 Å². The maximum absolute atomic E-state index is 6.19. The molecule has 0 aromatic carbocycles. The van der Waals surface area contributed by atoms with Crippen LogP contribution in [0.2, 0.25) is 0 Å². The number of hydrogen-bond acceptors (Lipinski definition) is 3. The molecule has 3 rings (SSSR count). The molecule has 1 spiro atoms. The average Bonchev–Trinajstić information content (AvgIpc) is 2.93. The highest BCUT2D eigenvalue weighted by atomic mass is 16.5. The summed E-state index contributed by atoms with van der Waals surface area (Å²) in [6.45, 7) is 8.18. The molecule has 1 atom stereocenters. The van der Waals surface area contributed by atoms with E-state index in [0.717, 1.165) is 25.1 Å². The lowest BCUT2D eigenvalue weighted by molar-refractivity contribution is -0.104. The number of likely N-dealkylation sites (tertiary alicyclic amines) is 1. The number of nitrogens with zero attached hydrogens (tertiary/aromatic N) is 1. The molecule has 2 heterocycles. The number of hydrogen-bond donors (Lipinski definition) is 1. The summed E-state index contributed by atoms with van der Waals surface area (Å²) in [6, 6.07) is 0.807. The Morgan fingerprint density at radius 2 is 1.90 bits per heavy atom. The maximum Gasteiger partial charge on any atom is 0.0697 e. The van der Waals surface area contributed by atoms with Crippen molar-refractivity contribution in [2.24, 2.45) is 5.92 Å². The summed E-state index contributed by atoms with van der Waals surface area (Å²) in [5, 5.41) is 3.51. The first kappa shape index (κ1) is 14.8. The monoisotopic (exact) mass is 280 g/mol. The number of rotatable bonds is 4. The van der Waals surface area contributed by atoms with Crippen molar-refractivity contribution in [1.82, 2.24) is 10.2 Å². The van der Waals surface area contributed by atoms with E-state index in [1.54, 1.807) is 0 Å². The molecule has 1 unspecified atom stereocenters. The van der Waals surface area contributed by atoms with Crippen LogP contribution >= 0.6 is 0 Å². The van der Waals surface area contributed by atoms with Gasteiger partial charge in [-0.2, -0.15) is 0 Å². The third kappa shape index (κ3) is 3.37. The molecule has 0 amide bonds. The normalized spacial score (nSPS) is 31.9. The third-order valence-corrected chi connectivity index (χ3v) is 5.83. The molecule has 0 aromatic heterocycles. The van der Waals surface area contributed by atoms with E-state index in [-0.39, 0.29) is 5.60 Å². The lowest BCUT2D eigenvalue weighted by atomic mass is 9.86. The molecule has 2 saturated heterocycles. The van der Waals surface area contributed by atoms with Gasteiger partial charge in [0.1, 0.15) is 0 Å². The van der Waals surface area contributed by atoms with Crippen LogP contribution in [0.3, 0.4) is 0 Å². The van der Waals surface area contributed by atoms with Gasteiger partial charge in [-0.05, 0) is 70.6 Å². The molecule has 1 saturated carbocycles. The van der Waals surface area contributed by atoms with E-state index >= 15 is 0 Å². The van der Waals surface area contributed by atoms with Gasteiger partial charge in [-0.1, -0.05) is 19.8 Å². The second kappa shape index (κ2) is 6.76. The lowest BCUT2D eigenvalue weighted by Crippen LogP contribution is -2.50. The Bertz CT molecular complexity index is 293. The first-order valence-electron chi connectivity index (χ1n) is 8.90. The molecule has 3 fully saturated rings. The van der Waals surface area contributed by atoms with Gasteiger partial charge in [0.15, 0.2) is 0 Å². The van der Waals surface area contributed by atoms with Gasteiger partial charge >= 0.3 is 0 Å². The molecule has 116 valence electrons. The largest absolute Gasteiger partial charge is 0.375 e. The van der Waals surface area contributed by atoms with Crippen LogP contribution in [0.25, 0.3) is 0 Å². The molecule has 3 nitrogen and oxygen atoms in total. The van der Waals surface area contributed by atoms with E-state index < -0.39 is 0 Å². The standard InChI is InChI=1S/C17H32N2O/c1-2-18-14-15-5-10-19(11-6-15)16-7-12-20-17(13-16)8-3-4-9-17/h15-16,18H,2-14H2,1H3. The Morgan fingerprint density at radius 1 is 1.15 bits per heavy atom. The van der Waals surface area contributed by atoms with Crippen molar-refractivity contribution in [3.63, 3.8) is 0 Å². The molecule has 1 N–H and O–H groups in total. The highest BCUT2D eigenvalue weighted by molar-refractivity contribution is 4.95. The van der Waals surface area contributed by atoms with Crippen molar-refractivity contribution in [1.29, 1.82) is 0 Å². The van der Waals surface area contributed by atoms with Crippen LogP contribution in [0.5, 0.6) is 0 Å². The quantitative estimate of drug-likeness (QED) is 0.857. The van der Waals surface area contributed by atoms with Gasteiger partial charge in [0.2, 0.25) is 0 Å². The van der Waals surface area contributed by atoms with Gasteiger partial charge in [-0.25, -0.2) is 0 Å². The molecule has 1 aliphatic carbocycles. The fourth-order valence-electron chi connectivity index (χ4n) is 4.55. The predicted molar refractivity (Wildman–Crippen MR) is 83.0 cm³/mol. The molecule has 3 heteroatoms. The molecule has 2 aliphatic heterocycles. The molecule has 0 bridgehead atoms. The maximum atomic E-state index is 6.19. The van der Waals surface area contributed by atoms with Crippen molar-refractivity contribution >= 4 is 0 Å². The smallest absolute Gasteiger partial charge is 0.0697 e. The Balaban J connectivity index is 1.48. The van der Waals surface area contributed by atoms with Crippen molar-refractivity contribution in [2.45, 2.75) is 69.9 Å². The van der Waals surface area contributed by atoms with Crippen LogP contribution in [0.15, 0.2) is 0 Å². The minimum absolute atomic E-state index is 0.281. The van der Waals surface area contributed by atoms with Crippen molar-refractivity contribution < 1.29 is 4.74 Å². The van der Waals surface area contributed by atoms with E-state index in [2.05, 4.69) is 17.1 Å². The molecular weight excluding hydrogens is 248 g/mol. The van der Waals surface area contributed by atoms with Crippen LogP contribution in [-0.2, 0) is 4.74 Å². The lowest BCUT2D eigenvalue weighted by Gasteiger charge is -2.45. The Kier molecular flexibility index (Phi) is 5.00. The number of nitrogens with one attached hydrogen (secondary N) is 1. The number of ether oxygens (including phenoxy) is 1. The fourth-order valence-corrected chi connectivity index (χ4v) is 4.55. The second-order valence-corrected chi connectivity index (χ2v) is 7.17. The second-order valence-electron chi connectivity index (χ2n) is 7.17. The van der Waals surface area contributed by atoms with Crippen molar-refractivity contribution in [3.8, 4) is 0 Å². The summed E-state index contributed by atoms with van der Waals surface area (Å²) in [5.74, 6) is 0.909. The third-order valence-electron chi connectivity index (χ3n) is 5.83. The van der Waals surface area contributed by atoms with Crippen LogP contribution in [0, 0.1) is 5.92 Å². The first-order chi connectivity index (χ1) is 9.81. The van der Waals surface area contributed by atoms with Gasteiger partial charge in [0.05, 0.1) is 5.60 Å². The zero-order valence-electron chi connectivity index (χ0n) is 13.2. The minimum atomic E-state index is 0.281. The number of piperidine rings is 1. The van der Waals surface area contributed by atoms with Crippen LogP contribution in [0.1, 0.15) is 58.3 Å². The molecular formula is C17H32N2O. The molecule has 0 radical (unpaired) electrons. The summed E-state index contributed by atoms with van der Waals surface area (Å²) in [6.07, 6.45) is 10.8. The van der Waals surface area contributed by atoms with Gasteiger partial charge in [0.25, 0.3) is 0 Å². The minimum Gasteiger partial charge on any atom is -0.375 e. The highest BCUT2D eigenvalue weighted by Gasteiger charge is 2.41. The summed E-state index contributed by atoms with van der Waals surface area (Å²) < 4.78 is 6.19. The first-order valence-corrected chi connectivity index (χ1v) is 8.90. The summed E-state index contributed by atoms with van der Waals surface area (Å²) in [7, 11) is 0. The average molecular weight is 280 g/mol. The highest BCUT2D eigenvalue weighted by Crippen LogP contribution is 2.41. The van der Waals surface area contributed by atoms with E-state index in [9.17, 15) is 0 Å². The van der Waals surface area contributed by atoms with Crippen molar-refractivity contribution in [3.05, 3.63) is 0 Å². The van der Waals surface area contributed by atoms with Gasteiger partial charge in [-0.3, -0.25) is 0 Å². The molecule has 0 aromatic rings. The van der Waals surface area contributed by atoms with Crippen LogP contribution in [0.4, 0.5) is 0 Å². The van der Waals surface area contributed by atoms with Crippen LogP contribution < -0.4 is 5.32 Å². The zero-order valence-corrected chi connectivity index (χ0v) is 13.2. The fraction of sp³-hybridized carbons (Fsp3) is 1.00. The zero-order chi connectivity index (χ0) is 13.8. The Hall–Kier alpha value is -0.120.